The molecule has 0 aromatic carbocycles. The Bertz CT molecular complexity index is 182. The molecule has 0 spiro atoms. The molecule has 0 radical (unpaired) electrons. The van der Waals surface area contributed by atoms with Crippen LogP contribution >= 0.6 is 0 Å². The number of ether oxygens (including phenoxy) is 1. The first-order chi connectivity index (χ1) is 5.79. The largest absolute Gasteiger partial charge is 0.469 e. The van der Waals surface area contributed by atoms with E-state index in [1.807, 2.05) is 0 Å². The van der Waals surface area contributed by atoms with Crippen molar-refractivity contribution in [3.63, 3.8) is 0 Å². The van der Waals surface area contributed by atoms with Crippen LogP contribution in [-0.4, -0.2) is 36.5 Å². The Hall–Kier alpha value is -0.820. The van der Waals surface area contributed by atoms with Crippen molar-refractivity contribution in [2.24, 2.45) is 5.73 Å². The fourth-order valence-electron chi connectivity index (χ4n) is 0.599. The molecule has 13 heavy (non-hydrogen) atoms. The zero-order chi connectivity index (χ0) is 10.6. The van der Waals surface area contributed by atoms with Crippen molar-refractivity contribution in [3.05, 3.63) is 0 Å². The quantitative estimate of drug-likeness (QED) is 0.620. The van der Waals surface area contributed by atoms with Crippen LogP contribution in [0, 0.1) is 0 Å². The van der Waals surface area contributed by atoms with Crippen molar-refractivity contribution >= 4 is 5.97 Å². The lowest BCUT2D eigenvalue weighted by Crippen LogP contribution is -2.47. The molecule has 7 heteroatoms. The first-order valence-electron chi connectivity index (χ1n) is 3.36. The van der Waals surface area contributed by atoms with Gasteiger partial charge in [-0.3, -0.25) is 4.79 Å². The second-order valence-electron chi connectivity index (χ2n) is 2.42. The van der Waals surface area contributed by atoms with Gasteiger partial charge in [-0.15, -0.1) is 0 Å². The van der Waals surface area contributed by atoms with Crippen LogP contribution in [0.15, 0.2) is 0 Å². The van der Waals surface area contributed by atoms with Gasteiger partial charge in [-0.25, -0.2) is 0 Å². The number of hydrogen-bond acceptors (Lipinski definition) is 4. The number of rotatable bonds is 3. The van der Waals surface area contributed by atoms with Crippen molar-refractivity contribution in [3.8, 4) is 0 Å². The van der Waals surface area contributed by atoms with E-state index in [1.54, 1.807) is 0 Å². The van der Waals surface area contributed by atoms with Crippen LogP contribution in [0.4, 0.5) is 13.2 Å². The number of methoxy groups -OCH3 is 1. The number of carbonyl (C=O) groups is 1. The number of esters is 1. The second-order valence-corrected chi connectivity index (χ2v) is 2.42. The summed E-state index contributed by atoms with van der Waals surface area (Å²) >= 11 is 0. The van der Waals surface area contributed by atoms with E-state index in [0.29, 0.717) is 0 Å². The molecule has 0 rings (SSSR count). The van der Waals surface area contributed by atoms with Gasteiger partial charge in [-0.05, 0) is 0 Å². The van der Waals surface area contributed by atoms with Gasteiger partial charge in [0.05, 0.1) is 19.6 Å². The first-order valence-corrected chi connectivity index (χ1v) is 3.36. The molecule has 3 N–H and O–H groups in total. The third kappa shape index (κ3) is 4.09. The number of hydrogen-bond donors (Lipinski definition) is 2. The third-order valence-corrected chi connectivity index (χ3v) is 1.40. The Morgan fingerprint density at radius 1 is 1.62 bits per heavy atom. The normalized spacial score (nSPS) is 16.5. The summed E-state index contributed by atoms with van der Waals surface area (Å²) in [6.07, 6.45) is -7.45. The fraction of sp³-hybridized carbons (Fsp3) is 0.833. The highest BCUT2D eigenvalue weighted by Crippen LogP contribution is 2.21. The van der Waals surface area contributed by atoms with Crippen molar-refractivity contribution < 1.29 is 27.8 Å². The van der Waals surface area contributed by atoms with Gasteiger partial charge in [0, 0.05) is 0 Å². The molecule has 2 atom stereocenters. The molecule has 0 fully saturated rings. The highest BCUT2D eigenvalue weighted by Gasteiger charge is 2.42. The van der Waals surface area contributed by atoms with Crippen molar-refractivity contribution in [2.75, 3.05) is 7.11 Å². The average molecular weight is 201 g/mol. The summed E-state index contributed by atoms with van der Waals surface area (Å²) in [4.78, 5) is 10.4. The van der Waals surface area contributed by atoms with Gasteiger partial charge in [0.1, 0.15) is 6.04 Å². The molecular formula is C6H10F3NO3. The van der Waals surface area contributed by atoms with Gasteiger partial charge in [-0.2, -0.15) is 13.2 Å². The zero-order valence-electron chi connectivity index (χ0n) is 6.84. The molecule has 78 valence electrons. The molecule has 0 amide bonds. The van der Waals surface area contributed by atoms with E-state index in [1.165, 1.54) is 0 Å². The minimum atomic E-state index is -4.71. The van der Waals surface area contributed by atoms with E-state index in [9.17, 15) is 18.0 Å². The minimum absolute atomic E-state index is 0.767. The van der Waals surface area contributed by atoms with Crippen LogP contribution in [-0.2, 0) is 9.53 Å². The molecule has 0 aromatic rings. The first kappa shape index (κ1) is 12.2. The van der Waals surface area contributed by atoms with Gasteiger partial charge >= 0.3 is 12.1 Å². The molecular weight excluding hydrogens is 191 g/mol. The monoisotopic (exact) mass is 201 g/mol. The summed E-state index contributed by atoms with van der Waals surface area (Å²) in [6.45, 7) is 0. The van der Waals surface area contributed by atoms with Gasteiger partial charge < -0.3 is 15.6 Å². The zero-order valence-corrected chi connectivity index (χ0v) is 6.84. The van der Waals surface area contributed by atoms with Crippen LogP contribution in [0.3, 0.4) is 0 Å². The van der Waals surface area contributed by atoms with Gasteiger partial charge in [0.2, 0.25) is 0 Å². The Morgan fingerprint density at radius 2 is 2.08 bits per heavy atom. The maximum atomic E-state index is 11.8. The van der Waals surface area contributed by atoms with Crippen LogP contribution in [0.1, 0.15) is 6.42 Å². The van der Waals surface area contributed by atoms with E-state index >= 15 is 0 Å². The molecule has 0 bridgehead atoms. The van der Waals surface area contributed by atoms with E-state index in [4.69, 9.17) is 5.11 Å². The second kappa shape index (κ2) is 4.43. The predicted molar refractivity (Wildman–Crippen MR) is 36.7 cm³/mol. The molecule has 0 saturated carbocycles. The summed E-state index contributed by atoms with van der Waals surface area (Å²) < 4.78 is 39.5. The summed E-state index contributed by atoms with van der Waals surface area (Å²) in [5.74, 6) is -0.938. The lowest BCUT2D eigenvalue weighted by atomic mass is 10.1. The molecule has 4 nitrogen and oxygen atoms in total. The smallest absolute Gasteiger partial charge is 0.406 e. The van der Waals surface area contributed by atoms with Gasteiger partial charge in [0.25, 0.3) is 0 Å². The number of nitrogens with two attached hydrogens (primary N) is 1. The highest BCUT2D eigenvalue weighted by molar-refractivity contribution is 5.69. The lowest BCUT2D eigenvalue weighted by molar-refractivity contribution is -0.172. The Balaban J connectivity index is 4.11. The summed E-state index contributed by atoms with van der Waals surface area (Å²) in [6, 6.07) is -2.42. The van der Waals surface area contributed by atoms with Gasteiger partial charge in [-0.1, -0.05) is 0 Å². The van der Waals surface area contributed by atoms with Crippen LogP contribution in [0.2, 0.25) is 0 Å². The molecule has 0 aliphatic heterocycles. The standard InChI is InChI=1S/C6H10F3NO3/c1-13-4(12)2-3(11)5(10)6(7,8)9/h3,5,11H,2,10H2,1H3/t3-,5+/m0/s1. The molecule has 0 aliphatic rings. The Kier molecular flexibility index (Phi) is 4.15. The lowest BCUT2D eigenvalue weighted by Gasteiger charge is -2.20. The number of aliphatic hydroxyl groups excluding tert-OH is 1. The number of aliphatic hydroxyl groups is 1. The van der Waals surface area contributed by atoms with Crippen LogP contribution < -0.4 is 5.73 Å². The number of halogens is 3. The molecule has 0 aromatic heterocycles. The maximum Gasteiger partial charge on any atom is 0.406 e. The van der Waals surface area contributed by atoms with E-state index in [2.05, 4.69) is 10.5 Å². The Labute approximate surface area is 72.5 Å². The van der Waals surface area contributed by atoms with E-state index in [0.717, 1.165) is 7.11 Å². The van der Waals surface area contributed by atoms with E-state index < -0.39 is 30.7 Å². The van der Waals surface area contributed by atoms with Crippen molar-refractivity contribution in [1.29, 1.82) is 0 Å². The summed E-state index contributed by atoms with van der Waals surface area (Å²) in [7, 11) is 1.01. The highest BCUT2D eigenvalue weighted by atomic mass is 19.4. The number of alkyl halides is 3. The Morgan fingerprint density at radius 3 is 2.38 bits per heavy atom. The van der Waals surface area contributed by atoms with Crippen molar-refractivity contribution in [2.45, 2.75) is 24.7 Å². The van der Waals surface area contributed by atoms with Gasteiger partial charge in [0.15, 0.2) is 0 Å². The van der Waals surface area contributed by atoms with Crippen LogP contribution in [0.25, 0.3) is 0 Å². The topological polar surface area (TPSA) is 72.5 Å². The SMILES string of the molecule is COC(=O)C[C@H](O)[C@@H](N)C(F)(F)F. The predicted octanol–water partition coefficient (Wildman–Crippen LogP) is -0.200. The number of carbonyl (C=O) groups excluding carboxylic acids is 1. The third-order valence-electron chi connectivity index (χ3n) is 1.40. The molecule has 0 aliphatic carbocycles. The van der Waals surface area contributed by atoms with Crippen LogP contribution in [0.5, 0.6) is 0 Å². The summed E-state index contributed by atoms with van der Waals surface area (Å²) in [5, 5.41) is 8.81. The average Bonchev–Trinajstić information content (AvgIpc) is 2.01. The summed E-state index contributed by atoms with van der Waals surface area (Å²) in [5.41, 5.74) is 4.61. The minimum Gasteiger partial charge on any atom is -0.469 e. The van der Waals surface area contributed by atoms with Crippen molar-refractivity contribution in [1.82, 2.24) is 0 Å². The fourth-order valence-corrected chi connectivity index (χ4v) is 0.599. The molecule has 0 heterocycles. The maximum absolute atomic E-state index is 11.8. The van der Waals surface area contributed by atoms with E-state index in [-0.39, 0.29) is 0 Å². The molecule has 0 saturated heterocycles. The molecule has 0 unspecified atom stereocenters.